The third kappa shape index (κ3) is 5.35. The highest BCUT2D eigenvalue weighted by Gasteiger charge is 2.50. The van der Waals surface area contributed by atoms with E-state index in [0.29, 0.717) is 11.1 Å². The first kappa shape index (κ1) is 29.2. The molecule has 1 unspecified atom stereocenters. The maximum absolute atomic E-state index is 13.5. The summed E-state index contributed by atoms with van der Waals surface area (Å²) in [5.41, 5.74) is 5.19. The molecule has 5 rings (SSSR count). The molecule has 18 heteroatoms. The van der Waals surface area contributed by atoms with E-state index in [1.54, 1.807) is 19.1 Å². The number of ether oxygens (including phenoxy) is 4. The second-order valence-corrected chi connectivity index (χ2v) is 9.56. The van der Waals surface area contributed by atoms with Crippen LogP contribution in [0.25, 0.3) is 11.2 Å². The van der Waals surface area contributed by atoms with E-state index in [2.05, 4.69) is 35.6 Å². The number of H-pyrrole nitrogens is 1. The van der Waals surface area contributed by atoms with Gasteiger partial charge in [-0.15, -0.1) is 5.10 Å². The summed E-state index contributed by atoms with van der Waals surface area (Å²) < 4.78 is 23.6. The van der Waals surface area contributed by atoms with Gasteiger partial charge in [-0.1, -0.05) is 12.1 Å². The van der Waals surface area contributed by atoms with E-state index in [0.717, 1.165) is 0 Å². The number of tetrazole rings is 1. The van der Waals surface area contributed by atoms with Crippen LogP contribution in [0.15, 0.2) is 30.6 Å². The standard InChI is InChI=1S/C24H26ClN9O8/c1-3-40-22(38)24(21-30-32-33-31-21,8-11-4-6-12(7-5-11)20(37)39-2)41-9-13-15(35)16(36)19(42-13)34-10-27-14-17(26)28-23(25)29-18(14)34/h4-7,10,13,15-16,19,35-36H,3,8-9H2,1-2H3,(H2,26,28,29)(H,30,31,32,33)/t13-,15-,16-,19-,24?/m1/s1. The summed E-state index contributed by atoms with van der Waals surface area (Å²) in [5.74, 6) is -1.41. The molecule has 3 aromatic heterocycles. The Morgan fingerprint density at radius 1 is 1.21 bits per heavy atom. The first-order chi connectivity index (χ1) is 20.2. The highest BCUT2D eigenvalue weighted by molar-refractivity contribution is 6.28. The van der Waals surface area contributed by atoms with Crippen molar-refractivity contribution in [2.75, 3.05) is 26.1 Å². The molecule has 4 heterocycles. The molecule has 0 radical (unpaired) electrons. The number of esters is 2. The minimum absolute atomic E-state index is 0.0113. The van der Waals surface area contributed by atoms with E-state index in [-0.39, 0.29) is 41.1 Å². The van der Waals surface area contributed by atoms with Crippen molar-refractivity contribution in [2.24, 2.45) is 0 Å². The predicted molar refractivity (Wildman–Crippen MR) is 141 cm³/mol. The number of carbonyl (C=O) groups is 2. The zero-order valence-corrected chi connectivity index (χ0v) is 23.0. The molecule has 0 saturated carbocycles. The Labute approximate surface area is 241 Å². The Morgan fingerprint density at radius 2 is 1.98 bits per heavy atom. The number of fused-ring (bicyclic) bond motifs is 1. The van der Waals surface area contributed by atoms with Crippen LogP contribution in [0.2, 0.25) is 5.28 Å². The number of aromatic amines is 1. The maximum Gasteiger partial charge on any atom is 0.346 e. The Bertz CT molecular complexity index is 1570. The number of halogens is 1. The Balaban J connectivity index is 1.43. The van der Waals surface area contributed by atoms with Gasteiger partial charge >= 0.3 is 11.9 Å². The normalized spacial score (nSPS) is 21.7. The number of aliphatic hydroxyl groups excluding tert-OH is 2. The van der Waals surface area contributed by atoms with Crippen molar-refractivity contribution in [2.45, 2.75) is 43.5 Å². The number of hydrogen-bond acceptors (Lipinski definition) is 15. The largest absolute Gasteiger partial charge is 0.465 e. The van der Waals surface area contributed by atoms with Crippen LogP contribution in [-0.2, 0) is 35.8 Å². The molecule has 222 valence electrons. The number of nitrogens with one attached hydrogen (secondary N) is 1. The van der Waals surface area contributed by atoms with Crippen LogP contribution < -0.4 is 5.73 Å². The summed E-state index contributed by atoms with van der Waals surface area (Å²) in [5, 5.41) is 35.3. The first-order valence-corrected chi connectivity index (χ1v) is 13.0. The summed E-state index contributed by atoms with van der Waals surface area (Å²) in [6.45, 7) is 1.21. The first-order valence-electron chi connectivity index (χ1n) is 12.6. The molecule has 42 heavy (non-hydrogen) atoms. The van der Waals surface area contributed by atoms with Gasteiger partial charge in [-0.2, -0.15) is 9.97 Å². The smallest absolute Gasteiger partial charge is 0.346 e. The molecule has 1 fully saturated rings. The van der Waals surface area contributed by atoms with Gasteiger partial charge in [0.05, 0.1) is 32.2 Å². The molecule has 5 atom stereocenters. The van der Waals surface area contributed by atoms with Gasteiger partial charge in [0.1, 0.15) is 23.8 Å². The molecule has 17 nitrogen and oxygen atoms in total. The van der Waals surface area contributed by atoms with E-state index in [1.807, 2.05) is 0 Å². The number of nitrogens with two attached hydrogens (primary N) is 1. The molecular formula is C24H26ClN9O8. The van der Waals surface area contributed by atoms with Crippen molar-refractivity contribution < 1.29 is 38.7 Å². The number of aromatic nitrogens is 8. The van der Waals surface area contributed by atoms with Gasteiger partial charge in [0.15, 0.2) is 23.5 Å². The van der Waals surface area contributed by atoms with Crippen LogP contribution in [0.3, 0.4) is 0 Å². The summed E-state index contributed by atoms with van der Waals surface area (Å²) in [7, 11) is 1.27. The molecule has 0 aliphatic carbocycles. The lowest BCUT2D eigenvalue weighted by Crippen LogP contribution is -2.46. The lowest BCUT2D eigenvalue weighted by atomic mass is 9.92. The zero-order valence-electron chi connectivity index (χ0n) is 22.2. The third-order valence-corrected chi connectivity index (χ3v) is 6.86. The molecule has 4 aromatic rings. The molecule has 5 N–H and O–H groups in total. The van der Waals surface area contributed by atoms with Crippen molar-refractivity contribution in [3.8, 4) is 0 Å². The number of nitrogen functional groups attached to an aromatic ring is 1. The quantitative estimate of drug-likeness (QED) is 0.134. The summed E-state index contributed by atoms with van der Waals surface area (Å²) >= 11 is 5.95. The lowest BCUT2D eigenvalue weighted by molar-refractivity contribution is -0.183. The number of hydrogen-bond donors (Lipinski definition) is 4. The SMILES string of the molecule is CCOC(=O)C(Cc1ccc(C(=O)OC)cc1)(OC[C@H]1O[C@@H](n2cnc3c(N)nc(Cl)nc32)[C@H](O)[C@@H]1O)c1nnn[nH]1. The van der Waals surface area contributed by atoms with Crippen LogP contribution in [-0.4, -0.2) is 101 Å². The minimum atomic E-state index is -1.94. The number of rotatable bonds is 10. The third-order valence-electron chi connectivity index (χ3n) is 6.69. The van der Waals surface area contributed by atoms with Gasteiger partial charge in [-0.25, -0.2) is 19.7 Å². The van der Waals surface area contributed by atoms with E-state index in [4.69, 9.17) is 36.3 Å². The number of imidazole rings is 1. The van der Waals surface area contributed by atoms with Gasteiger partial charge in [-0.05, 0) is 46.6 Å². The van der Waals surface area contributed by atoms with Crippen molar-refractivity contribution in [1.82, 2.24) is 40.1 Å². The fourth-order valence-corrected chi connectivity index (χ4v) is 4.76. The molecule has 0 spiro atoms. The molecule has 0 bridgehead atoms. The fourth-order valence-electron chi connectivity index (χ4n) is 4.59. The predicted octanol–water partition coefficient (Wildman–Crippen LogP) is -0.301. The van der Waals surface area contributed by atoms with E-state index in [1.165, 1.54) is 30.1 Å². The topological polar surface area (TPSA) is 236 Å². The Hall–Kier alpha value is -4.29. The van der Waals surface area contributed by atoms with Gasteiger partial charge in [0, 0.05) is 6.42 Å². The molecule has 0 amide bonds. The maximum atomic E-state index is 13.5. The monoisotopic (exact) mass is 603 g/mol. The van der Waals surface area contributed by atoms with Crippen LogP contribution in [0.4, 0.5) is 5.82 Å². The van der Waals surface area contributed by atoms with Gasteiger partial charge < -0.3 is 34.9 Å². The van der Waals surface area contributed by atoms with Crippen LogP contribution in [0, 0.1) is 0 Å². The number of nitrogens with zero attached hydrogens (tertiary/aromatic N) is 7. The number of carbonyl (C=O) groups excluding carboxylic acids is 2. The lowest BCUT2D eigenvalue weighted by Gasteiger charge is -2.30. The highest BCUT2D eigenvalue weighted by atomic mass is 35.5. The van der Waals surface area contributed by atoms with Gasteiger partial charge in [-0.3, -0.25) is 4.57 Å². The van der Waals surface area contributed by atoms with E-state index >= 15 is 0 Å². The molecule has 1 aliphatic rings. The van der Waals surface area contributed by atoms with Crippen LogP contribution >= 0.6 is 11.6 Å². The average molecular weight is 604 g/mol. The van der Waals surface area contributed by atoms with Gasteiger partial charge in [0.2, 0.25) is 10.9 Å². The van der Waals surface area contributed by atoms with Gasteiger partial charge in [0.25, 0.3) is 0 Å². The zero-order chi connectivity index (χ0) is 30.0. The summed E-state index contributed by atoms with van der Waals surface area (Å²) in [4.78, 5) is 37.5. The van der Waals surface area contributed by atoms with E-state index < -0.39 is 48.7 Å². The number of anilines is 1. The minimum Gasteiger partial charge on any atom is -0.465 e. The number of aliphatic hydroxyl groups is 2. The highest BCUT2D eigenvalue weighted by Crippen LogP contribution is 2.35. The summed E-state index contributed by atoms with van der Waals surface area (Å²) in [6.07, 6.45) is -4.06. The number of methoxy groups -OCH3 is 1. The number of benzene rings is 1. The second-order valence-electron chi connectivity index (χ2n) is 9.22. The van der Waals surface area contributed by atoms with E-state index in [9.17, 15) is 19.8 Å². The van der Waals surface area contributed by atoms with Crippen molar-refractivity contribution in [1.29, 1.82) is 0 Å². The Kier molecular flexibility index (Phi) is 8.28. The van der Waals surface area contributed by atoms with Crippen molar-refractivity contribution in [3.05, 3.63) is 52.8 Å². The Morgan fingerprint density at radius 3 is 2.64 bits per heavy atom. The van der Waals surface area contributed by atoms with Crippen molar-refractivity contribution >= 4 is 40.5 Å². The molecule has 1 aromatic carbocycles. The molecule has 1 saturated heterocycles. The molecular weight excluding hydrogens is 578 g/mol. The van der Waals surface area contributed by atoms with Crippen LogP contribution in [0.1, 0.15) is 34.9 Å². The van der Waals surface area contributed by atoms with Crippen molar-refractivity contribution in [3.63, 3.8) is 0 Å². The van der Waals surface area contributed by atoms with Crippen LogP contribution in [0.5, 0.6) is 0 Å². The second kappa shape index (κ2) is 11.9. The molecule has 1 aliphatic heterocycles. The average Bonchev–Trinajstić information content (AvgIpc) is 3.72. The summed E-state index contributed by atoms with van der Waals surface area (Å²) in [6, 6.07) is 6.27. The fraction of sp³-hybridized carbons (Fsp3) is 0.417.